The number of fused-ring (bicyclic) bond motifs is 1. The van der Waals surface area contributed by atoms with Crippen molar-refractivity contribution >= 4 is 28.3 Å². The van der Waals surface area contributed by atoms with E-state index in [2.05, 4.69) is 20.1 Å². The molecule has 0 fully saturated rings. The summed E-state index contributed by atoms with van der Waals surface area (Å²) in [6, 6.07) is 10.1. The van der Waals surface area contributed by atoms with Crippen LogP contribution in [0.15, 0.2) is 61.2 Å². The molecule has 4 heterocycles. The number of hydrogen-bond donors (Lipinski definition) is 1. The van der Waals surface area contributed by atoms with E-state index < -0.39 is 11.7 Å². The van der Waals surface area contributed by atoms with Gasteiger partial charge in [-0.1, -0.05) is 17.7 Å². The van der Waals surface area contributed by atoms with E-state index in [-0.39, 0.29) is 24.8 Å². The lowest BCUT2D eigenvalue weighted by molar-refractivity contribution is -0.137. The van der Waals surface area contributed by atoms with Crippen LogP contribution in [0.3, 0.4) is 0 Å². The number of benzene rings is 1. The van der Waals surface area contributed by atoms with Gasteiger partial charge < -0.3 is 15.0 Å². The first kappa shape index (κ1) is 23.6. The van der Waals surface area contributed by atoms with E-state index in [4.69, 9.17) is 22.1 Å². The van der Waals surface area contributed by atoms with Crippen LogP contribution in [-0.4, -0.2) is 35.9 Å². The van der Waals surface area contributed by atoms with Gasteiger partial charge in [0.2, 0.25) is 0 Å². The highest BCUT2D eigenvalue weighted by molar-refractivity contribution is 6.35. The van der Waals surface area contributed by atoms with Crippen LogP contribution in [0.5, 0.6) is 5.88 Å². The smallest absolute Gasteiger partial charge is 0.417 e. The quantitative estimate of drug-likeness (QED) is 0.334. The molecular formula is C24H19ClF3N7O. The molecule has 0 saturated carbocycles. The Morgan fingerprint density at radius 1 is 1.08 bits per heavy atom. The van der Waals surface area contributed by atoms with E-state index >= 15 is 0 Å². The van der Waals surface area contributed by atoms with Gasteiger partial charge in [-0.15, -0.1) is 0 Å². The molecule has 1 aromatic carbocycles. The molecule has 0 aliphatic heterocycles. The standard InChI is InChI=1S/C24H19ClF3N7O/c1-34-7-5-18(33-34)21-20(15-11-14-3-2-6-30-19(14)17(25)12-15)32-23(22(29)31-21)36-10-9-35-8-4-16(13-35)24(26,27)28/h2-8,11-13H,9-10H2,1H3,(H2,29,31). The SMILES string of the molecule is Cn1ccc(-c2nc(N)c(OCCn3ccc(C(F)(F)F)c3)nc2-c2cc(Cl)c3ncccc3c2)n1. The lowest BCUT2D eigenvalue weighted by atomic mass is 10.0. The van der Waals surface area contributed by atoms with Crippen LogP contribution in [-0.2, 0) is 19.8 Å². The van der Waals surface area contributed by atoms with Crippen molar-refractivity contribution in [2.24, 2.45) is 7.05 Å². The van der Waals surface area contributed by atoms with Crippen molar-refractivity contribution in [2.45, 2.75) is 12.7 Å². The molecule has 0 aliphatic rings. The Kier molecular flexibility index (Phi) is 6.00. The topological polar surface area (TPSA) is 96.7 Å². The zero-order valence-electron chi connectivity index (χ0n) is 18.9. The number of halogens is 4. The number of ether oxygens (including phenoxy) is 1. The Labute approximate surface area is 208 Å². The summed E-state index contributed by atoms with van der Waals surface area (Å²) in [6.07, 6.45) is 1.37. The summed E-state index contributed by atoms with van der Waals surface area (Å²) in [5, 5.41) is 5.66. The summed E-state index contributed by atoms with van der Waals surface area (Å²) >= 11 is 6.50. The number of nitrogen functional groups attached to an aromatic ring is 1. The van der Waals surface area contributed by atoms with Crippen molar-refractivity contribution in [2.75, 3.05) is 12.3 Å². The first-order chi connectivity index (χ1) is 17.2. The Balaban J connectivity index is 1.50. The number of pyridine rings is 1. The number of anilines is 1. The summed E-state index contributed by atoms with van der Waals surface area (Å²) < 4.78 is 47.3. The molecule has 0 aliphatic carbocycles. The van der Waals surface area contributed by atoms with Crippen LogP contribution >= 0.6 is 11.6 Å². The predicted molar refractivity (Wildman–Crippen MR) is 129 cm³/mol. The molecule has 8 nitrogen and oxygen atoms in total. The summed E-state index contributed by atoms with van der Waals surface area (Å²) in [5.41, 5.74) is 8.13. The highest BCUT2D eigenvalue weighted by Gasteiger charge is 2.31. The Morgan fingerprint density at radius 3 is 2.64 bits per heavy atom. The number of nitrogens with two attached hydrogens (primary N) is 1. The third-order valence-electron chi connectivity index (χ3n) is 5.44. The third-order valence-corrected chi connectivity index (χ3v) is 5.73. The van der Waals surface area contributed by atoms with Gasteiger partial charge in [0.25, 0.3) is 5.88 Å². The zero-order valence-corrected chi connectivity index (χ0v) is 19.6. The minimum absolute atomic E-state index is 0.0234. The van der Waals surface area contributed by atoms with Crippen LogP contribution in [0.1, 0.15) is 5.56 Å². The molecule has 5 aromatic rings. The van der Waals surface area contributed by atoms with Crippen LogP contribution in [0.25, 0.3) is 33.5 Å². The van der Waals surface area contributed by atoms with Crippen molar-refractivity contribution in [3.8, 4) is 28.5 Å². The number of alkyl halides is 3. The second-order valence-corrected chi connectivity index (χ2v) is 8.41. The molecule has 12 heteroatoms. The van der Waals surface area contributed by atoms with E-state index in [9.17, 15) is 13.2 Å². The van der Waals surface area contributed by atoms with Crippen LogP contribution in [0.4, 0.5) is 19.0 Å². The molecule has 184 valence electrons. The molecule has 0 amide bonds. The van der Waals surface area contributed by atoms with Gasteiger partial charge in [0.1, 0.15) is 23.7 Å². The van der Waals surface area contributed by atoms with Gasteiger partial charge in [0, 0.05) is 42.8 Å². The minimum atomic E-state index is -4.41. The second-order valence-electron chi connectivity index (χ2n) is 8.00. The number of aromatic nitrogens is 6. The molecular weight excluding hydrogens is 495 g/mol. The highest BCUT2D eigenvalue weighted by atomic mass is 35.5. The summed E-state index contributed by atoms with van der Waals surface area (Å²) in [5.74, 6) is 0.0757. The van der Waals surface area contributed by atoms with Crippen LogP contribution in [0.2, 0.25) is 5.02 Å². The molecule has 0 bridgehead atoms. The van der Waals surface area contributed by atoms with Crippen molar-refractivity contribution in [1.82, 2.24) is 29.3 Å². The molecule has 36 heavy (non-hydrogen) atoms. The molecule has 0 unspecified atom stereocenters. The molecule has 4 aromatic heterocycles. The monoisotopic (exact) mass is 513 g/mol. The fraction of sp³-hybridized carbons (Fsp3) is 0.167. The lowest BCUT2D eigenvalue weighted by Gasteiger charge is -2.14. The molecule has 0 radical (unpaired) electrons. The van der Waals surface area contributed by atoms with E-state index in [1.807, 2.05) is 12.1 Å². The largest absolute Gasteiger partial charge is 0.473 e. The maximum atomic E-state index is 12.9. The number of aryl methyl sites for hydroxylation is 1. The van der Waals surface area contributed by atoms with Crippen molar-refractivity contribution in [3.05, 3.63) is 71.8 Å². The van der Waals surface area contributed by atoms with Gasteiger partial charge >= 0.3 is 6.18 Å². The van der Waals surface area contributed by atoms with E-state index in [0.717, 1.165) is 17.6 Å². The van der Waals surface area contributed by atoms with Crippen molar-refractivity contribution < 1.29 is 17.9 Å². The number of hydrogen-bond acceptors (Lipinski definition) is 6. The van der Waals surface area contributed by atoms with Gasteiger partial charge in [-0.05, 0) is 30.3 Å². The van der Waals surface area contributed by atoms with E-state index in [0.29, 0.717) is 33.2 Å². The Bertz CT molecular complexity index is 1560. The van der Waals surface area contributed by atoms with Gasteiger partial charge in [-0.2, -0.15) is 18.3 Å². The fourth-order valence-corrected chi connectivity index (χ4v) is 4.02. The lowest BCUT2D eigenvalue weighted by Crippen LogP contribution is -2.11. The third kappa shape index (κ3) is 4.69. The van der Waals surface area contributed by atoms with E-state index in [1.54, 1.807) is 42.3 Å². The molecule has 0 saturated heterocycles. The van der Waals surface area contributed by atoms with Gasteiger partial charge in [0.05, 0.1) is 22.6 Å². The second kappa shape index (κ2) is 9.15. The van der Waals surface area contributed by atoms with Gasteiger partial charge in [0.15, 0.2) is 5.82 Å². The van der Waals surface area contributed by atoms with E-state index in [1.165, 1.54) is 10.8 Å². The normalized spacial score (nSPS) is 11.8. The van der Waals surface area contributed by atoms with Crippen molar-refractivity contribution in [3.63, 3.8) is 0 Å². The molecule has 0 spiro atoms. The Hall–Kier alpha value is -4.12. The highest BCUT2D eigenvalue weighted by Crippen LogP contribution is 2.36. The van der Waals surface area contributed by atoms with Crippen LogP contribution < -0.4 is 10.5 Å². The number of rotatable bonds is 6. The average molecular weight is 514 g/mol. The maximum Gasteiger partial charge on any atom is 0.417 e. The Morgan fingerprint density at radius 2 is 1.92 bits per heavy atom. The maximum absolute atomic E-state index is 12.9. The summed E-state index contributed by atoms with van der Waals surface area (Å²) in [7, 11) is 1.78. The van der Waals surface area contributed by atoms with Crippen molar-refractivity contribution in [1.29, 1.82) is 0 Å². The number of nitrogens with zero attached hydrogens (tertiary/aromatic N) is 6. The zero-order chi connectivity index (χ0) is 25.4. The van der Waals surface area contributed by atoms with Gasteiger partial charge in [-0.25, -0.2) is 9.97 Å². The summed E-state index contributed by atoms with van der Waals surface area (Å²) in [4.78, 5) is 13.4. The predicted octanol–water partition coefficient (Wildman–Crippen LogP) is 5.23. The van der Waals surface area contributed by atoms with Crippen LogP contribution in [0, 0.1) is 0 Å². The minimum Gasteiger partial charge on any atom is -0.473 e. The summed E-state index contributed by atoms with van der Waals surface area (Å²) in [6.45, 7) is 0.178. The van der Waals surface area contributed by atoms with Gasteiger partial charge in [-0.3, -0.25) is 9.67 Å². The first-order valence-corrected chi connectivity index (χ1v) is 11.1. The molecule has 0 atom stereocenters. The average Bonchev–Trinajstić information content (AvgIpc) is 3.49. The molecule has 5 rings (SSSR count). The fourth-order valence-electron chi connectivity index (χ4n) is 3.74. The molecule has 2 N–H and O–H groups in total. The first-order valence-electron chi connectivity index (χ1n) is 10.8.